The van der Waals surface area contributed by atoms with E-state index in [-0.39, 0.29) is 0 Å². The predicted octanol–water partition coefficient (Wildman–Crippen LogP) is 11.4. The number of hydrogen-bond donors (Lipinski definition) is 0. The summed E-state index contributed by atoms with van der Waals surface area (Å²) in [6.45, 7) is 0. The molecular formula is C36H22S2. The molecule has 0 fully saturated rings. The zero-order valence-corrected chi connectivity index (χ0v) is 22.2. The maximum atomic E-state index is 2.33. The Morgan fingerprint density at radius 2 is 0.658 bits per heavy atom. The molecule has 2 heterocycles. The van der Waals surface area contributed by atoms with E-state index in [0.717, 1.165) is 0 Å². The molecule has 0 saturated heterocycles. The minimum Gasteiger partial charge on any atom is -0.135 e. The topological polar surface area (TPSA) is 0 Å². The van der Waals surface area contributed by atoms with Gasteiger partial charge in [-0.15, -0.1) is 22.7 Å². The van der Waals surface area contributed by atoms with Crippen molar-refractivity contribution in [1.29, 1.82) is 0 Å². The lowest BCUT2D eigenvalue weighted by Gasteiger charge is -2.15. The van der Waals surface area contributed by atoms with Crippen LogP contribution < -0.4 is 0 Å². The first kappa shape index (κ1) is 21.8. The summed E-state index contributed by atoms with van der Waals surface area (Å²) in [6, 6.07) is 49.0. The molecule has 0 atom stereocenters. The Hall–Kier alpha value is -4.24. The van der Waals surface area contributed by atoms with Crippen LogP contribution in [0.2, 0.25) is 0 Å². The third-order valence-electron chi connectivity index (χ3n) is 7.52. The van der Waals surface area contributed by atoms with Crippen LogP contribution in [0.25, 0.3) is 73.7 Å². The molecule has 0 radical (unpaired) electrons. The van der Waals surface area contributed by atoms with Gasteiger partial charge in [0, 0.05) is 19.2 Å². The average molecular weight is 519 g/mol. The van der Waals surface area contributed by atoms with Crippen molar-refractivity contribution in [3.8, 4) is 32.0 Å². The van der Waals surface area contributed by atoms with Crippen molar-refractivity contribution in [2.24, 2.45) is 0 Å². The molecular weight excluding hydrogens is 497 g/mol. The lowest BCUT2D eigenvalue weighted by atomic mass is 9.90. The highest BCUT2D eigenvalue weighted by Crippen LogP contribution is 2.44. The molecule has 0 bridgehead atoms. The number of rotatable bonds is 3. The van der Waals surface area contributed by atoms with Crippen LogP contribution in [0.5, 0.6) is 0 Å². The third kappa shape index (κ3) is 3.42. The standard InChI is InChI=1S/C36H22S2/c1-7-15-33-23(9-1)21-35(37-33)31-19-17-29(25-11-3-5-13-27(25)31)30-18-20-32(28-14-6-4-12-26(28)30)36-22-24-10-2-8-16-34(24)38-36/h1-22H. The van der Waals surface area contributed by atoms with Crippen LogP contribution in [-0.2, 0) is 0 Å². The summed E-state index contributed by atoms with van der Waals surface area (Å²) in [7, 11) is 0. The van der Waals surface area contributed by atoms with E-state index >= 15 is 0 Å². The van der Waals surface area contributed by atoms with Crippen LogP contribution in [0.15, 0.2) is 133 Å². The van der Waals surface area contributed by atoms with E-state index in [1.165, 1.54) is 73.7 Å². The van der Waals surface area contributed by atoms with Gasteiger partial charge in [0.05, 0.1) is 0 Å². The summed E-state index contributed by atoms with van der Waals surface area (Å²) in [5.74, 6) is 0. The zero-order chi connectivity index (χ0) is 25.1. The molecule has 0 saturated carbocycles. The quantitative estimate of drug-likeness (QED) is 0.218. The largest absolute Gasteiger partial charge is 0.135 e. The number of thiophene rings is 2. The second-order valence-electron chi connectivity index (χ2n) is 9.71. The van der Waals surface area contributed by atoms with Gasteiger partial charge in [0.15, 0.2) is 0 Å². The highest BCUT2D eigenvalue weighted by atomic mass is 32.1. The summed E-state index contributed by atoms with van der Waals surface area (Å²) >= 11 is 3.74. The second-order valence-corrected chi connectivity index (χ2v) is 11.9. The third-order valence-corrected chi connectivity index (χ3v) is 9.82. The molecule has 0 aliphatic rings. The Morgan fingerprint density at radius 1 is 0.316 bits per heavy atom. The molecule has 0 aliphatic heterocycles. The lowest BCUT2D eigenvalue weighted by molar-refractivity contribution is 1.68. The Balaban J connectivity index is 1.34. The summed E-state index contributed by atoms with van der Waals surface area (Å²) in [4.78, 5) is 2.64. The molecule has 8 rings (SSSR count). The summed E-state index contributed by atoms with van der Waals surface area (Å²) < 4.78 is 2.66. The molecule has 0 aliphatic carbocycles. The Morgan fingerprint density at radius 3 is 1.08 bits per heavy atom. The van der Waals surface area contributed by atoms with Crippen LogP contribution in [0.3, 0.4) is 0 Å². The SMILES string of the molecule is c1ccc2sc(-c3ccc(-c4ccc(-c5cc6ccccc6s5)c5ccccc45)c4ccccc34)cc2c1. The van der Waals surface area contributed by atoms with Crippen molar-refractivity contribution >= 4 is 64.4 Å². The first-order valence-corrected chi connectivity index (χ1v) is 14.5. The van der Waals surface area contributed by atoms with E-state index in [2.05, 4.69) is 133 Å². The monoisotopic (exact) mass is 518 g/mol. The Kier molecular flexibility index (Phi) is 4.97. The van der Waals surface area contributed by atoms with Gasteiger partial charge in [0.25, 0.3) is 0 Å². The Bertz CT molecular complexity index is 1920. The molecule has 6 aromatic carbocycles. The number of benzene rings is 6. The zero-order valence-electron chi connectivity index (χ0n) is 20.5. The van der Waals surface area contributed by atoms with Gasteiger partial charge in [-0.1, -0.05) is 109 Å². The number of hydrogen-bond acceptors (Lipinski definition) is 2. The maximum Gasteiger partial charge on any atom is 0.0361 e. The van der Waals surface area contributed by atoms with E-state index in [4.69, 9.17) is 0 Å². The molecule has 0 unspecified atom stereocenters. The van der Waals surface area contributed by atoms with Gasteiger partial charge < -0.3 is 0 Å². The maximum absolute atomic E-state index is 2.33. The highest BCUT2D eigenvalue weighted by Gasteiger charge is 2.15. The predicted molar refractivity (Wildman–Crippen MR) is 169 cm³/mol. The first-order valence-electron chi connectivity index (χ1n) is 12.9. The van der Waals surface area contributed by atoms with E-state index in [9.17, 15) is 0 Å². The van der Waals surface area contributed by atoms with Crippen LogP contribution in [0.1, 0.15) is 0 Å². The average Bonchev–Trinajstić information content (AvgIpc) is 3.60. The van der Waals surface area contributed by atoms with Gasteiger partial charge in [-0.3, -0.25) is 0 Å². The van der Waals surface area contributed by atoms with E-state index < -0.39 is 0 Å². The van der Waals surface area contributed by atoms with Crippen LogP contribution >= 0.6 is 22.7 Å². The molecule has 0 nitrogen and oxygen atoms in total. The summed E-state index contributed by atoms with van der Waals surface area (Å²) in [5, 5.41) is 7.81. The van der Waals surface area contributed by atoms with Crippen LogP contribution in [0.4, 0.5) is 0 Å². The van der Waals surface area contributed by atoms with Gasteiger partial charge in [-0.25, -0.2) is 0 Å². The van der Waals surface area contributed by atoms with Crippen molar-refractivity contribution in [3.63, 3.8) is 0 Å². The van der Waals surface area contributed by atoms with Gasteiger partial charge in [-0.05, 0) is 78.8 Å². The molecule has 0 spiro atoms. The van der Waals surface area contributed by atoms with Crippen molar-refractivity contribution in [3.05, 3.63) is 133 Å². The molecule has 8 aromatic rings. The highest BCUT2D eigenvalue weighted by molar-refractivity contribution is 7.22. The Labute approximate surface area is 229 Å². The van der Waals surface area contributed by atoms with E-state index in [1.54, 1.807) is 0 Å². The van der Waals surface area contributed by atoms with Gasteiger partial charge in [-0.2, -0.15) is 0 Å². The molecule has 0 amide bonds. The van der Waals surface area contributed by atoms with Crippen molar-refractivity contribution in [1.82, 2.24) is 0 Å². The first-order chi connectivity index (χ1) is 18.8. The molecule has 178 valence electrons. The van der Waals surface area contributed by atoms with Gasteiger partial charge in [0.2, 0.25) is 0 Å². The van der Waals surface area contributed by atoms with Crippen molar-refractivity contribution < 1.29 is 0 Å². The van der Waals surface area contributed by atoms with Crippen LogP contribution in [-0.4, -0.2) is 0 Å². The normalized spacial score (nSPS) is 11.7. The summed E-state index contributed by atoms with van der Waals surface area (Å²) in [6.07, 6.45) is 0. The smallest absolute Gasteiger partial charge is 0.0361 e. The molecule has 0 N–H and O–H groups in total. The fraction of sp³-hybridized carbons (Fsp3) is 0. The molecule has 2 aromatic heterocycles. The minimum atomic E-state index is 1.28. The van der Waals surface area contributed by atoms with E-state index in [1.807, 2.05) is 22.7 Å². The minimum absolute atomic E-state index is 1.28. The van der Waals surface area contributed by atoms with Gasteiger partial charge >= 0.3 is 0 Å². The summed E-state index contributed by atoms with van der Waals surface area (Å²) in [5.41, 5.74) is 5.17. The van der Waals surface area contributed by atoms with Gasteiger partial charge in [0.1, 0.15) is 0 Å². The molecule has 38 heavy (non-hydrogen) atoms. The lowest BCUT2D eigenvalue weighted by Crippen LogP contribution is -1.88. The fourth-order valence-corrected chi connectivity index (χ4v) is 7.93. The van der Waals surface area contributed by atoms with Crippen molar-refractivity contribution in [2.75, 3.05) is 0 Å². The van der Waals surface area contributed by atoms with Crippen LogP contribution in [0, 0.1) is 0 Å². The van der Waals surface area contributed by atoms with E-state index in [0.29, 0.717) is 0 Å². The molecule has 2 heteroatoms. The van der Waals surface area contributed by atoms with Crippen molar-refractivity contribution in [2.45, 2.75) is 0 Å². The number of fused-ring (bicyclic) bond motifs is 4. The second kappa shape index (κ2) is 8.66. The fourth-order valence-electron chi connectivity index (χ4n) is 5.73.